The van der Waals surface area contributed by atoms with Gasteiger partial charge >= 0.3 is 5.97 Å². The summed E-state index contributed by atoms with van der Waals surface area (Å²) in [6, 6.07) is 3.10. The number of cyclic esters (lactones) is 1. The number of halogens is 2. The molecule has 2 fully saturated rings. The molecular weight excluding hydrogens is 350 g/mol. The number of aliphatic hydroxyl groups excluding tert-OH is 1. The van der Waals surface area contributed by atoms with Crippen LogP contribution < -0.4 is 0 Å². The topological polar surface area (TPSA) is 46.5 Å². The Balaban J connectivity index is 1.63. The predicted molar refractivity (Wildman–Crippen MR) is 99.1 cm³/mol. The summed E-state index contributed by atoms with van der Waals surface area (Å²) in [4.78, 5) is 11.8. The first kappa shape index (κ1) is 20.2. The molecule has 1 heterocycles. The monoisotopic (exact) mass is 380 g/mol. The van der Waals surface area contributed by atoms with Crippen LogP contribution in [0.1, 0.15) is 82.4 Å². The molecule has 1 saturated heterocycles. The molecule has 0 aromatic heterocycles. The maximum absolute atomic E-state index is 14.5. The van der Waals surface area contributed by atoms with Crippen LogP contribution >= 0.6 is 0 Å². The van der Waals surface area contributed by atoms with Gasteiger partial charge in [-0.05, 0) is 68.8 Å². The van der Waals surface area contributed by atoms with Crippen LogP contribution in [0.5, 0.6) is 0 Å². The lowest BCUT2D eigenvalue weighted by molar-refractivity contribution is -0.164. The van der Waals surface area contributed by atoms with Gasteiger partial charge in [-0.3, -0.25) is 4.79 Å². The number of hydrogen-bond acceptors (Lipinski definition) is 3. The normalized spacial score (nSPS) is 31.3. The maximum Gasteiger partial charge on any atom is 0.308 e. The number of carbonyl (C=O) groups excluding carboxylic acids is 1. The average molecular weight is 380 g/mol. The van der Waals surface area contributed by atoms with E-state index < -0.39 is 17.7 Å². The lowest BCUT2D eigenvalue weighted by Crippen LogP contribution is -2.36. The molecule has 3 rings (SSSR count). The molecule has 0 radical (unpaired) electrons. The third-order valence-electron chi connectivity index (χ3n) is 6.69. The van der Waals surface area contributed by atoms with E-state index in [0.717, 1.165) is 38.5 Å². The van der Waals surface area contributed by atoms with E-state index in [-0.39, 0.29) is 35.4 Å². The highest BCUT2D eigenvalue weighted by Crippen LogP contribution is 2.42. The van der Waals surface area contributed by atoms with Gasteiger partial charge in [-0.1, -0.05) is 26.0 Å². The SMILES string of the molecule is CC1CCC(C2CCC(C(C)c3ccc(C(C)O)c(F)c3F)CC2)OC1=O. The lowest BCUT2D eigenvalue weighted by atomic mass is 9.72. The molecule has 1 aliphatic carbocycles. The zero-order valence-electron chi connectivity index (χ0n) is 16.4. The number of esters is 1. The second-order valence-electron chi connectivity index (χ2n) is 8.47. The summed E-state index contributed by atoms with van der Waals surface area (Å²) in [5, 5.41) is 9.55. The van der Waals surface area contributed by atoms with Crippen LogP contribution in [-0.2, 0) is 9.53 Å². The molecule has 1 aromatic rings. The van der Waals surface area contributed by atoms with Crippen LogP contribution in [0.25, 0.3) is 0 Å². The van der Waals surface area contributed by atoms with E-state index in [2.05, 4.69) is 0 Å². The first-order chi connectivity index (χ1) is 12.8. The van der Waals surface area contributed by atoms with Gasteiger partial charge in [0.2, 0.25) is 0 Å². The molecule has 4 atom stereocenters. The van der Waals surface area contributed by atoms with Crippen LogP contribution in [0.2, 0.25) is 0 Å². The predicted octanol–water partition coefficient (Wildman–Crippen LogP) is 5.27. The molecule has 150 valence electrons. The van der Waals surface area contributed by atoms with Crippen molar-refractivity contribution in [2.24, 2.45) is 17.8 Å². The minimum atomic E-state index is -1.03. The van der Waals surface area contributed by atoms with E-state index in [4.69, 9.17) is 4.74 Å². The Bertz CT molecular complexity index is 680. The highest BCUT2D eigenvalue weighted by molar-refractivity contribution is 5.72. The molecule has 1 aromatic carbocycles. The summed E-state index contributed by atoms with van der Waals surface area (Å²) >= 11 is 0. The molecule has 1 saturated carbocycles. The van der Waals surface area contributed by atoms with Gasteiger partial charge in [0, 0.05) is 5.56 Å². The van der Waals surface area contributed by atoms with Crippen molar-refractivity contribution in [3.63, 3.8) is 0 Å². The minimum absolute atomic E-state index is 0.0000868. The summed E-state index contributed by atoms with van der Waals surface area (Å²) in [6.45, 7) is 5.29. The Morgan fingerprint density at radius 1 is 1.00 bits per heavy atom. The maximum atomic E-state index is 14.5. The lowest BCUT2D eigenvalue weighted by Gasteiger charge is -2.38. The molecule has 3 nitrogen and oxygen atoms in total. The van der Waals surface area contributed by atoms with Crippen molar-refractivity contribution in [3.8, 4) is 0 Å². The standard InChI is InChI=1S/C22H30F2O3/c1-12-4-11-19(27-22(12)26)16-7-5-15(6-8-16)13(2)17-9-10-18(14(3)25)21(24)20(17)23/h9-10,12-16,19,25H,4-8,11H2,1-3H3. The number of aliphatic hydroxyl groups is 1. The second-order valence-corrected chi connectivity index (χ2v) is 8.47. The number of rotatable bonds is 4. The average Bonchev–Trinajstić information content (AvgIpc) is 2.65. The zero-order chi connectivity index (χ0) is 19.7. The first-order valence-electron chi connectivity index (χ1n) is 10.2. The molecule has 5 heteroatoms. The molecule has 0 amide bonds. The van der Waals surface area contributed by atoms with E-state index >= 15 is 0 Å². The third-order valence-corrected chi connectivity index (χ3v) is 6.69. The number of benzene rings is 1. The van der Waals surface area contributed by atoms with Crippen LogP contribution in [0.3, 0.4) is 0 Å². The summed E-state index contributed by atoms with van der Waals surface area (Å²) in [5.41, 5.74) is 0.388. The Labute approximate surface area is 160 Å². The molecule has 1 N–H and O–H groups in total. The Hall–Kier alpha value is -1.49. The van der Waals surface area contributed by atoms with E-state index in [1.54, 1.807) is 6.07 Å². The van der Waals surface area contributed by atoms with Gasteiger partial charge in [0.05, 0.1) is 12.0 Å². The van der Waals surface area contributed by atoms with Gasteiger partial charge in [0.15, 0.2) is 11.6 Å². The largest absolute Gasteiger partial charge is 0.462 e. The van der Waals surface area contributed by atoms with Gasteiger partial charge in [-0.25, -0.2) is 8.78 Å². The molecule has 1 aliphatic heterocycles. The minimum Gasteiger partial charge on any atom is -0.462 e. The van der Waals surface area contributed by atoms with Gasteiger partial charge in [-0.2, -0.15) is 0 Å². The van der Waals surface area contributed by atoms with Gasteiger partial charge in [0.25, 0.3) is 0 Å². The molecule has 2 aliphatic rings. The Morgan fingerprint density at radius 3 is 2.19 bits per heavy atom. The zero-order valence-corrected chi connectivity index (χ0v) is 16.4. The van der Waals surface area contributed by atoms with Gasteiger partial charge in [-0.15, -0.1) is 0 Å². The first-order valence-corrected chi connectivity index (χ1v) is 10.2. The van der Waals surface area contributed by atoms with Crippen LogP contribution in [0, 0.1) is 29.4 Å². The van der Waals surface area contributed by atoms with Crippen molar-refractivity contribution >= 4 is 5.97 Å². The fourth-order valence-electron chi connectivity index (χ4n) is 4.71. The highest BCUT2D eigenvalue weighted by atomic mass is 19.2. The molecule has 0 bridgehead atoms. The summed E-state index contributed by atoms with van der Waals surface area (Å²) in [7, 11) is 0. The second kappa shape index (κ2) is 8.26. The van der Waals surface area contributed by atoms with E-state index in [1.807, 2.05) is 13.8 Å². The molecular formula is C22H30F2O3. The molecule has 0 spiro atoms. The fourth-order valence-corrected chi connectivity index (χ4v) is 4.71. The van der Waals surface area contributed by atoms with Gasteiger partial charge in [0.1, 0.15) is 6.10 Å². The quantitative estimate of drug-likeness (QED) is 0.724. The number of carbonyl (C=O) groups is 1. The third kappa shape index (κ3) is 4.18. The van der Waals surface area contributed by atoms with Crippen LogP contribution in [-0.4, -0.2) is 17.2 Å². The Morgan fingerprint density at radius 2 is 1.59 bits per heavy atom. The van der Waals surface area contributed by atoms with Crippen molar-refractivity contribution in [1.29, 1.82) is 0 Å². The summed E-state index contributed by atoms with van der Waals surface area (Å²) in [6.07, 6.45) is 4.57. The molecule has 27 heavy (non-hydrogen) atoms. The summed E-state index contributed by atoms with van der Waals surface area (Å²) < 4.78 is 34.4. The van der Waals surface area contributed by atoms with Crippen LogP contribution in [0.4, 0.5) is 8.78 Å². The fraction of sp³-hybridized carbons (Fsp3) is 0.682. The Kier molecular flexibility index (Phi) is 6.19. The highest BCUT2D eigenvalue weighted by Gasteiger charge is 2.36. The van der Waals surface area contributed by atoms with Crippen molar-refractivity contribution in [1.82, 2.24) is 0 Å². The number of hydrogen-bond donors (Lipinski definition) is 1. The van der Waals surface area contributed by atoms with E-state index in [1.165, 1.54) is 13.0 Å². The number of ether oxygens (including phenoxy) is 1. The van der Waals surface area contributed by atoms with Crippen molar-refractivity contribution in [2.75, 3.05) is 0 Å². The molecule has 4 unspecified atom stereocenters. The van der Waals surface area contributed by atoms with Crippen molar-refractivity contribution in [2.45, 2.75) is 77.4 Å². The van der Waals surface area contributed by atoms with E-state index in [0.29, 0.717) is 11.5 Å². The summed E-state index contributed by atoms with van der Waals surface area (Å²) in [5.74, 6) is -1.28. The van der Waals surface area contributed by atoms with Crippen molar-refractivity contribution in [3.05, 3.63) is 34.9 Å². The van der Waals surface area contributed by atoms with Crippen molar-refractivity contribution < 1.29 is 23.4 Å². The van der Waals surface area contributed by atoms with E-state index in [9.17, 15) is 18.7 Å². The van der Waals surface area contributed by atoms with Gasteiger partial charge < -0.3 is 9.84 Å². The smallest absolute Gasteiger partial charge is 0.308 e. The van der Waals surface area contributed by atoms with Crippen LogP contribution in [0.15, 0.2) is 12.1 Å².